The van der Waals surface area contributed by atoms with Crippen molar-refractivity contribution < 1.29 is 18.3 Å². The van der Waals surface area contributed by atoms with E-state index in [4.69, 9.17) is 4.74 Å². The van der Waals surface area contributed by atoms with Crippen LogP contribution in [0.2, 0.25) is 0 Å². The molecule has 4 rings (SSSR count). The summed E-state index contributed by atoms with van der Waals surface area (Å²) >= 11 is 0. The molecule has 0 radical (unpaired) electrons. The fraction of sp³-hybridized carbons (Fsp3) is 0.387. The molecule has 2 aliphatic rings. The van der Waals surface area contributed by atoms with Gasteiger partial charge in [-0.1, -0.05) is 30.3 Å². The van der Waals surface area contributed by atoms with Gasteiger partial charge in [-0.05, 0) is 77.1 Å². The topological polar surface area (TPSA) is 57.5 Å². The van der Waals surface area contributed by atoms with Crippen LogP contribution in [0.5, 0.6) is 0 Å². The lowest BCUT2D eigenvalue weighted by Crippen LogP contribution is -2.49. The molecule has 8 heteroatoms. The highest BCUT2D eigenvalue weighted by Crippen LogP contribution is 2.33. The quantitative estimate of drug-likeness (QED) is 0.303. The van der Waals surface area contributed by atoms with Crippen LogP contribution in [0.15, 0.2) is 70.3 Å². The number of carbonyl (C=O) groups excluding carboxylic acids is 1. The van der Waals surface area contributed by atoms with E-state index in [1.807, 2.05) is 64.1 Å². The molecule has 0 spiro atoms. The molecule has 1 fully saturated rings. The second kappa shape index (κ2) is 11.9. The van der Waals surface area contributed by atoms with Crippen LogP contribution in [0.3, 0.4) is 0 Å². The maximum atomic E-state index is 14.2. The first-order valence-corrected chi connectivity index (χ1v) is 13.3. The Kier molecular flexibility index (Phi) is 8.63. The number of carbonyl (C=O) groups is 1. The van der Waals surface area contributed by atoms with Gasteiger partial charge < -0.3 is 14.5 Å². The fourth-order valence-corrected chi connectivity index (χ4v) is 4.78. The van der Waals surface area contributed by atoms with Crippen LogP contribution in [0.1, 0.15) is 63.3 Å². The summed E-state index contributed by atoms with van der Waals surface area (Å²) in [6.07, 6.45) is 4.90. The molecule has 2 aromatic rings. The molecule has 2 aliphatic heterocycles. The Labute approximate surface area is 229 Å². The van der Waals surface area contributed by atoms with Crippen molar-refractivity contribution in [1.29, 1.82) is 0 Å². The van der Waals surface area contributed by atoms with E-state index in [0.717, 1.165) is 35.6 Å². The Morgan fingerprint density at radius 1 is 1.03 bits per heavy atom. The number of hydrogen-bond acceptors (Lipinski definition) is 5. The van der Waals surface area contributed by atoms with Crippen molar-refractivity contribution in [2.45, 2.75) is 52.2 Å². The number of piperazine rings is 1. The Morgan fingerprint density at radius 3 is 2.23 bits per heavy atom. The van der Waals surface area contributed by atoms with Crippen molar-refractivity contribution in [2.24, 2.45) is 9.98 Å². The predicted molar refractivity (Wildman–Crippen MR) is 152 cm³/mol. The third-order valence-electron chi connectivity index (χ3n) is 6.89. The number of ether oxygens (including phenoxy) is 1. The number of halogens is 2. The van der Waals surface area contributed by atoms with Gasteiger partial charge in [-0.3, -0.25) is 9.98 Å². The van der Waals surface area contributed by atoms with Gasteiger partial charge in [-0.15, -0.1) is 0 Å². The molecule has 1 atom stereocenters. The minimum absolute atomic E-state index is 0.0221. The van der Waals surface area contributed by atoms with Crippen molar-refractivity contribution in [2.75, 3.05) is 26.2 Å². The monoisotopic (exact) mass is 534 g/mol. The lowest BCUT2D eigenvalue weighted by Gasteiger charge is -2.37. The average molecular weight is 535 g/mol. The van der Waals surface area contributed by atoms with E-state index in [9.17, 15) is 13.6 Å². The second-order valence-electron chi connectivity index (χ2n) is 10.8. The molecular weight excluding hydrogens is 498 g/mol. The highest BCUT2D eigenvalue weighted by atomic mass is 19.1. The Hall–Kier alpha value is -3.81. The maximum absolute atomic E-state index is 14.2. The minimum atomic E-state index is -0.579. The minimum Gasteiger partial charge on any atom is -0.444 e. The molecule has 1 unspecified atom stereocenters. The Balaban J connectivity index is 1.39. The summed E-state index contributed by atoms with van der Waals surface area (Å²) in [5.74, 6) is -1.16. The number of aliphatic imine (C=N–C) groups is 2. The van der Waals surface area contributed by atoms with Crippen molar-refractivity contribution >= 4 is 24.2 Å². The van der Waals surface area contributed by atoms with E-state index in [1.54, 1.807) is 4.90 Å². The first-order valence-electron chi connectivity index (χ1n) is 13.3. The standard InChI is InChI=1S/C31H36F2N4O2/c1-21(36-17-19-37(20-18-36)30(38)39-31(2,3)4)9-14-26(34-5)22-10-12-23(13-11-22)27-15-16-28(35-27)29-24(32)7-6-8-25(29)33/h6-14,27H,5,15-20H2,1-4H3/b21-9+,26-14-. The zero-order valence-corrected chi connectivity index (χ0v) is 23.1. The van der Waals surface area contributed by atoms with Crippen LogP contribution in [0.4, 0.5) is 13.6 Å². The van der Waals surface area contributed by atoms with Crippen molar-refractivity contribution in [3.63, 3.8) is 0 Å². The zero-order valence-electron chi connectivity index (χ0n) is 23.1. The Morgan fingerprint density at radius 2 is 1.64 bits per heavy atom. The van der Waals surface area contributed by atoms with Gasteiger partial charge in [0.2, 0.25) is 0 Å². The van der Waals surface area contributed by atoms with Crippen LogP contribution in [-0.4, -0.2) is 60.1 Å². The molecule has 206 valence electrons. The van der Waals surface area contributed by atoms with E-state index in [1.165, 1.54) is 18.2 Å². The van der Waals surface area contributed by atoms with Gasteiger partial charge in [0.25, 0.3) is 0 Å². The largest absolute Gasteiger partial charge is 0.444 e. The van der Waals surface area contributed by atoms with Gasteiger partial charge in [0.05, 0.1) is 17.3 Å². The predicted octanol–water partition coefficient (Wildman–Crippen LogP) is 6.79. The van der Waals surface area contributed by atoms with Gasteiger partial charge in [-0.2, -0.15) is 0 Å². The van der Waals surface area contributed by atoms with Gasteiger partial charge >= 0.3 is 6.09 Å². The third kappa shape index (κ3) is 6.99. The maximum Gasteiger partial charge on any atom is 0.410 e. The van der Waals surface area contributed by atoms with Crippen LogP contribution in [0, 0.1) is 11.6 Å². The van der Waals surface area contributed by atoms with Crippen LogP contribution >= 0.6 is 0 Å². The molecule has 1 saturated heterocycles. The zero-order chi connectivity index (χ0) is 28.2. The molecular formula is C31H36F2N4O2. The number of nitrogens with zero attached hydrogens (tertiary/aromatic N) is 4. The first-order chi connectivity index (χ1) is 18.6. The van der Waals surface area contributed by atoms with Crippen molar-refractivity contribution in [3.05, 3.63) is 88.6 Å². The summed E-state index contributed by atoms with van der Waals surface area (Å²) in [4.78, 5) is 25.1. The summed E-state index contributed by atoms with van der Waals surface area (Å²) in [7, 11) is 0. The van der Waals surface area contributed by atoms with Gasteiger partial charge in [-0.25, -0.2) is 13.6 Å². The van der Waals surface area contributed by atoms with Crippen LogP contribution < -0.4 is 0 Å². The lowest BCUT2D eigenvalue weighted by atomic mass is 10.0. The summed E-state index contributed by atoms with van der Waals surface area (Å²) in [5.41, 5.74) is 3.65. The molecule has 0 saturated carbocycles. The van der Waals surface area contributed by atoms with E-state index >= 15 is 0 Å². The lowest BCUT2D eigenvalue weighted by molar-refractivity contribution is 0.0169. The third-order valence-corrected chi connectivity index (χ3v) is 6.89. The number of benzene rings is 2. The van der Waals surface area contributed by atoms with Gasteiger partial charge in [0, 0.05) is 43.2 Å². The van der Waals surface area contributed by atoms with E-state index in [-0.39, 0.29) is 17.7 Å². The summed E-state index contributed by atoms with van der Waals surface area (Å²) in [6, 6.07) is 11.6. The number of rotatable bonds is 6. The molecule has 2 heterocycles. The molecule has 0 aliphatic carbocycles. The summed E-state index contributed by atoms with van der Waals surface area (Å²) < 4.78 is 33.9. The Bertz CT molecular complexity index is 1280. The number of hydrogen-bond donors (Lipinski definition) is 0. The van der Waals surface area contributed by atoms with Gasteiger partial charge in [0.1, 0.15) is 17.2 Å². The molecule has 0 N–H and O–H groups in total. The normalized spacial score (nSPS) is 18.7. The SMILES string of the molecule is C=N/C(=C\C=C(/C)N1CCN(C(=O)OC(C)(C)C)CC1)c1ccc(C2CCC(c3c(F)cccc3F)=N2)cc1. The van der Waals surface area contributed by atoms with E-state index < -0.39 is 17.2 Å². The van der Waals surface area contributed by atoms with Crippen molar-refractivity contribution in [3.8, 4) is 0 Å². The summed E-state index contributed by atoms with van der Waals surface area (Å²) in [5, 5.41) is 0. The number of allylic oxidation sites excluding steroid dienone is 3. The molecule has 1 amide bonds. The summed E-state index contributed by atoms with van der Waals surface area (Å²) in [6.45, 7) is 14.0. The first kappa shape index (κ1) is 28.2. The van der Waals surface area contributed by atoms with Crippen molar-refractivity contribution in [1.82, 2.24) is 9.80 Å². The second-order valence-corrected chi connectivity index (χ2v) is 10.8. The molecule has 2 aromatic carbocycles. The molecule has 6 nitrogen and oxygen atoms in total. The highest BCUT2D eigenvalue weighted by molar-refractivity contribution is 6.02. The average Bonchev–Trinajstić information content (AvgIpc) is 3.38. The number of amides is 1. The smallest absolute Gasteiger partial charge is 0.410 e. The molecule has 0 bridgehead atoms. The fourth-order valence-electron chi connectivity index (χ4n) is 4.78. The van der Waals surface area contributed by atoms with Gasteiger partial charge in [0.15, 0.2) is 0 Å². The van der Waals surface area contributed by atoms with Crippen LogP contribution in [0.25, 0.3) is 5.70 Å². The highest BCUT2D eigenvalue weighted by Gasteiger charge is 2.26. The van der Waals surface area contributed by atoms with Crippen LogP contribution in [-0.2, 0) is 4.74 Å². The van der Waals surface area contributed by atoms with E-state index in [0.29, 0.717) is 31.6 Å². The van der Waals surface area contributed by atoms with E-state index in [2.05, 4.69) is 21.6 Å². The molecule has 0 aromatic heterocycles. The molecule has 39 heavy (non-hydrogen) atoms.